The summed E-state index contributed by atoms with van der Waals surface area (Å²) in [4.78, 5) is 7.89. The Labute approximate surface area is 241 Å². The number of aromatic nitrogens is 3. The summed E-state index contributed by atoms with van der Waals surface area (Å²) in [6.45, 7) is 22.0. The Morgan fingerprint density at radius 2 is 1.95 bits per heavy atom. The second-order valence-corrected chi connectivity index (χ2v) is 13.6. The quantitative estimate of drug-likeness (QED) is 0.310. The number of rotatable bonds is 8. The van der Waals surface area contributed by atoms with E-state index in [9.17, 15) is 0 Å². The van der Waals surface area contributed by atoms with Gasteiger partial charge in [-0.2, -0.15) is 5.10 Å². The lowest BCUT2D eigenvalue weighted by molar-refractivity contribution is 0.110. The van der Waals surface area contributed by atoms with Gasteiger partial charge < -0.3 is 4.74 Å². The summed E-state index contributed by atoms with van der Waals surface area (Å²) in [5, 5.41) is 8.68. The molecule has 1 atom stereocenters. The molecule has 1 aliphatic carbocycles. The van der Waals surface area contributed by atoms with Gasteiger partial charge in [0.05, 0.1) is 23.2 Å². The highest BCUT2D eigenvalue weighted by atomic mass is 16.5. The van der Waals surface area contributed by atoms with Crippen LogP contribution in [0, 0.1) is 24.2 Å². The second kappa shape index (κ2) is 11.5. The summed E-state index contributed by atoms with van der Waals surface area (Å²) in [5.74, 6) is 2.39. The van der Waals surface area contributed by atoms with Crippen LogP contribution in [0.5, 0.6) is 0 Å². The standard InChI is InChI=1S/C35H48N4O/c1-22(2)26-11-10-24(5)33(17-26)40-20-30-25(6)37-32(16-27(30)19-39-15-9-14-35(7,8)21-39)34-28(23(3)4)12-13-31-29(34)18-36-38-31/h11-13,16-18,22-24H,9-10,14-15,19-21H2,1-8H3,(H,36,38). The topological polar surface area (TPSA) is 54.0 Å². The number of hydrogen-bond acceptors (Lipinski definition) is 4. The number of ether oxygens (including phenoxy) is 1. The molecule has 1 N–H and O–H groups in total. The summed E-state index contributed by atoms with van der Waals surface area (Å²) in [6, 6.07) is 6.73. The van der Waals surface area contributed by atoms with E-state index in [-0.39, 0.29) is 0 Å². The molecule has 0 saturated carbocycles. The van der Waals surface area contributed by atoms with Crippen LogP contribution in [0.1, 0.15) is 96.0 Å². The maximum absolute atomic E-state index is 6.63. The molecule has 1 saturated heterocycles. The van der Waals surface area contributed by atoms with Gasteiger partial charge in [0.2, 0.25) is 0 Å². The van der Waals surface area contributed by atoms with E-state index in [1.54, 1.807) is 0 Å². The van der Waals surface area contributed by atoms with Crippen molar-refractivity contribution in [1.29, 1.82) is 0 Å². The molecule has 1 aliphatic heterocycles. The minimum atomic E-state index is 0.342. The van der Waals surface area contributed by atoms with E-state index in [4.69, 9.17) is 9.72 Å². The van der Waals surface area contributed by atoms with Gasteiger partial charge in [-0.3, -0.25) is 15.0 Å². The van der Waals surface area contributed by atoms with Gasteiger partial charge in [-0.15, -0.1) is 0 Å². The van der Waals surface area contributed by atoms with Crippen molar-refractivity contribution in [3.63, 3.8) is 0 Å². The van der Waals surface area contributed by atoms with Crippen LogP contribution in [0.4, 0.5) is 0 Å². The molecule has 1 aromatic carbocycles. The van der Waals surface area contributed by atoms with Crippen LogP contribution in [0.15, 0.2) is 47.9 Å². The van der Waals surface area contributed by atoms with Crippen molar-refractivity contribution >= 4 is 10.9 Å². The fourth-order valence-electron chi connectivity index (χ4n) is 6.49. The summed E-state index contributed by atoms with van der Waals surface area (Å²) in [5.41, 5.74) is 9.94. The van der Waals surface area contributed by atoms with E-state index in [0.717, 1.165) is 54.1 Å². The van der Waals surface area contributed by atoms with Gasteiger partial charge >= 0.3 is 0 Å². The third-order valence-corrected chi connectivity index (χ3v) is 8.88. The first-order valence-electron chi connectivity index (χ1n) is 15.2. The number of hydrogen-bond donors (Lipinski definition) is 1. The second-order valence-electron chi connectivity index (χ2n) is 13.6. The maximum atomic E-state index is 6.63. The van der Waals surface area contributed by atoms with Crippen LogP contribution in [0.25, 0.3) is 22.2 Å². The molecule has 214 valence electrons. The number of pyridine rings is 1. The monoisotopic (exact) mass is 540 g/mol. The van der Waals surface area contributed by atoms with Crippen LogP contribution < -0.4 is 0 Å². The van der Waals surface area contributed by atoms with Gasteiger partial charge in [0.15, 0.2) is 0 Å². The lowest BCUT2D eigenvalue weighted by Crippen LogP contribution is -2.39. The Balaban J connectivity index is 1.56. The lowest BCUT2D eigenvalue weighted by atomic mass is 9.84. The fourth-order valence-corrected chi connectivity index (χ4v) is 6.49. The molecule has 1 unspecified atom stereocenters. The average molecular weight is 541 g/mol. The number of nitrogens with one attached hydrogen (secondary N) is 1. The van der Waals surface area contributed by atoms with Crippen LogP contribution >= 0.6 is 0 Å². The molecule has 5 rings (SSSR count). The van der Waals surface area contributed by atoms with Gasteiger partial charge in [0.25, 0.3) is 0 Å². The third-order valence-electron chi connectivity index (χ3n) is 8.88. The molecule has 0 spiro atoms. The zero-order valence-corrected chi connectivity index (χ0v) is 25.9. The average Bonchev–Trinajstić information content (AvgIpc) is 3.36. The van der Waals surface area contributed by atoms with E-state index in [1.165, 1.54) is 40.7 Å². The Morgan fingerprint density at radius 3 is 2.67 bits per heavy atom. The Hall–Kier alpha value is -2.92. The van der Waals surface area contributed by atoms with Crippen molar-refractivity contribution in [3.8, 4) is 11.3 Å². The normalized spacial score (nSPS) is 19.8. The number of allylic oxidation sites excluding steroid dienone is 4. The lowest BCUT2D eigenvalue weighted by Gasteiger charge is -2.38. The highest BCUT2D eigenvalue weighted by Gasteiger charge is 2.28. The minimum absolute atomic E-state index is 0.342. The van der Waals surface area contributed by atoms with E-state index >= 15 is 0 Å². The van der Waals surface area contributed by atoms with E-state index in [0.29, 0.717) is 29.8 Å². The first-order chi connectivity index (χ1) is 19.0. The number of aromatic amines is 1. The Bertz CT molecular complexity index is 1420. The molecule has 0 amide bonds. The predicted molar refractivity (Wildman–Crippen MR) is 166 cm³/mol. The summed E-state index contributed by atoms with van der Waals surface area (Å²) in [7, 11) is 0. The van der Waals surface area contributed by atoms with Gasteiger partial charge in [-0.25, -0.2) is 0 Å². The number of H-pyrrole nitrogens is 1. The van der Waals surface area contributed by atoms with Crippen molar-refractivity contribution in [1.82, 2.24) is 20.1 Å². The number of likely N-dealkylation sites (tertiary alicyclic amines) is 1. The largest absolute Gasteiger partial charge is 0.493 e. The van der Waals surface area contributed by atoms with E-state index < -0.39 is 0 Å². The first kappa shape index (κ1) is 28.6. The molecule has 5 nitrogen and oxygen atoms in total. The Morgan fingerprint density at radius 1 is 1.15 bits per heavy atom. The van der Waals surface area contributed by atoms with Crippen LogP contribution in [-0.2, 0) is 17.9 Å². The zero-order valence-electron chi connectivity index (χ0n) is 25.9. The number of aryl methyl sites for hydroxylation is 1. The number of fused-ring (bicyclic) bond motifs is 1. The molecular formula is C35H48N4O. The number of piperidine rings is 1. The highest BCUT2D eigenvalue weighted by molar-refractivity contribution is 5.95. The number of nitrogens with zero attached hydrogens (tertiary/aromatic N) is 3. The SMILES string of the molecule is Cc1nc(-c2c(C(C)C)ccc3[nH]ncc23)cc(CN2CCCC(C)(C)C2)c1COC1=CC(C(C)C)=CCC1C. The zero-order chi connectivity index (χ0) is 28.6. The fraction of sp³-hybridized carbons (Fsp3) is 0.543. The van der Waals surface area contributed by atoms with Gasteiger partial charge in [-0.1, -0.05) is 60.6 Å². The molecule has 3 heterocycles. The minimum Gasteiger partial charge on any atom is -0.493 e. The summed E-state index contributed by atoms with van der Waals surface area (Å²) in [6.07, 6.45) is 10.2. The van der Waals surface area contributed by atoms with Gasteiger partial charge in [-0.05, 0) is 84.9 Å². The van der Waals surface area contributed by atoms with Crippen molar-refractivity contribution in [2.45, 2.75) is 93.7 Å². The smallest absolute Gasteiger partial charge is 0.115 e. The third kappa shape index (κ3) is 6.05. The van der Waals surface area contributed by atoms with E-state index in [1.807, 2.05) is 6.20 Å². The summed E-state index contributed by atoms with van der Waals surface area (Å²) < 4.78 is 6.63. The van der Waals surface area contributed by atoms with Crippen LogP contribution in [0.3, 0.4) is 0 Å². The summed E-state index contributed by atoms with van der Waals surface area (Å²) >= 11 is 0. The van der Waals surface area contributed by atoms with Gasteiger partial charge in [0.1, 0.15) is 6.61 Å². The molecule has 5 heteroatoms. The van der Waals surface area contributed by atoms with Gasteiger partial charge in [0, 0.05) is 41.2 Å². The highest BCUT2D eigenvalue weighted by Crippen LogP contribution is 2.37. The molecule has 2 aromatic heterocycles. The molecule has 3 aromatic rings. The molecule has 0 radical (unpaired) electrons. The molecule has 2 aliphatic rings. The Kier molecular flexibility index (Phi) is 8.24. The molecule has 0 bridgehead atoms. The molecule has 40 heavy (non-hydrogen) atoms. The predicted octanol–water partition coefficient (Wildman–Crippen LogP) is 8.70. The van der Waals surface area contributed by atoms with Crippen molar-refractivity contribution in [3.05, 3.63) is 70.3 Å². The van der Waals surface area contributed by atoms with Crippen molar-refractivity contribution < 1.29 is 4.74 Å². The van der Waals surface area contributed by atoms with Crippen LogP contribution in [0.2, 0.25) is 0 Å². The van der Waals surface area contributed by atoms with Crippen LogP contribution in [-0.4, -0.2) is 33.2 Å². The van der Waals surface area contributed by atoms with E-state index in [2.05, 4.69) is 101 Å². The van der Waals surface area contributed by atoms with Crippen molar-refractivity contribution in [2.75, 3.05) is 13.1 Å². The molecular weight excluding hydrogens is 492 g/mol. The maximum Gasteiger partial charge on any atom is 0.115 e. The number of benzene rings is 1. The van der Waals surface area contributed by atoms with Crippen molar-refractivity contribution in [2.24, 2.45) is 17.3 Å². The molecule has 1 fully saturated rings. The first-order valence-corrected chi connectivity index (χ1v) is 15.2.